The SMILES string of the molecule is Fc1cccc2cc(Cl)cc(Cl)c12. The molecule has 0 saturated heterocycles. The number of halogens is 3. The van der Waals surface area contributed by atoms with Crippen molar-refractivity contribution in [1.82, 2.24) is 0 Å². The Bertz CT molecular complexity index is 466. The lowest BCUT2D eigenvalue weighted by atomic mass is 10.1. The fraction of sp³-hybridized carbons (Fsp3) is 0. The van der Waals surface area contributed by atoms with Crippen molar-refractivity contribution in [3.63, 3.8) is 0 Å². The first-order valence-corrected chi connectivity index (χ1v) is 4.47. The van der Waals surface area contributed by atoms with Crippen LogP contribution in [0.2, 0.25) is 10.0 Å². The minimum atomic E-state index is -0.320. The predicted molar refractivity (Wildman–Crippen MR) is 53.9 cm³/mol. The van der Waals surface area contributed by atoms with E-state index >= 15 is 0 Å². The molecule has 0 amide bonds. The zero-order valence-corrected chi connectivity index (χ0v) is 8.03. The summed E-state index contributed by atoms with van der Waals surface area (Å²) in [7, 11) is 0. The molecule has 0 spiro atoms. The summed E-state index contributed by atoms with van der Waals surface area (Å²) in [6.45, 7) is 0. The second-order valence-corrected chi connectivity index (χ2v) is 3.57. The average Bonchev–Trinajstić information content (AvgIpc) is 2.02. The molecule has 0 heterocycles. The fourth-order valence-electron chi connectivity index (χ4n) is 1.30. The predicted octanol–water partition coefficient (Wildman–Crippen LogP) is 4.29. The van der Waals surface area contributed by atoms with E-state index in [9.17, 15) is 4.39 Å². The van der Waals surface area contributed by atoms with Gasteiger partial charge in [0.25, 0.3) is 0 Å². The Balaban J connectivity index is 2.94. The van der Waals surface area contributed by atoms with Crippen molar-refractivity contribution in [2.45, 2.75) is 0 Å². The first kappa shape index (κ1) is 8.79. The molecule has 2 aromatic carbocycles. The van der Waals surface area contributed by atoms with E-state index in [1.54, 1.807) is 18.2 Å². The van der Waals surface area contributed by atoms with E-state index in [1.165, 1.54) is 12.1 Å². The molecule has 0 aliphatic carbocycles. The van der Waals surface area contributed by atoms with Gasteiger partial charge in [-0.05, 0) is 23.6 Å². The second-order valence-electron chi connectivity index (χ2n) is 2.73. The van der Waals surface area contributed by atoms with Gasteiger partial charge in [0.1, 0.15) is 5.82 Å². The molecule has 3 heteroatoms. The molecule has 66 valence electrons. The summed E-state index contributed by atoms with van der Waals surface area (Å²) in [5, 5.41) is 2.01. The average molecular weight is 215 g/mol. The van der Waals surface area contributed by atoms with Gasteiger partial charge in [0.05, 0.1) is 5.02 Å². The van der Waals surface area contributed by atoms with Crippen molar-refractivity contribution < 1.29 is 4.39 Å². The maximum Gasteiger partial charge on any atom is 0.132 e. The summed E-state index contributed by atoms with van der Waals surface area (Å²) in [6.07, 6.45) is 0. The van der Waals surface area contributed by atoms with Gasteiger partial charge in [-0.15, -0.1) is 0 Å². The molecule has 0 saturated carbocycles. The minimum absolute atomic E-state index is 0.320. The van der Waals surface area contributed by atoms with Crippen LogP contribution in [0.1, 0.15) is 0 Å². The highest BCUT2D eigenvalue weighted by Gasteiger charge is 2.05. The molecule has 0 aromatic heterocycles. The van der Waals surface area contributed by atoms with Crippen LogP contribution in [0, 0.1) is 5.82 Å². The maximum absolute atomic E-state index is 13.3. The number of fused-ring (bicyclic) bond motifs is 1. The van der Waals surface area contributed by atoms with Crippen LogP contribution in [0.5, 0.6) is 0 Å². The summed E-state index contributed by atoms with van der Waals surface area (Å²) in [5.41, 5.74) is 0. The lowest BCUT2D eigenvalue weighted by Crippen LogP contribution is -1.80. The summed E-state index contributed by atoms with van der Waals surface area (Å²) in [5.74, 6) is -0.320. The van der Waals surface area contributed by atoms with Gasteiger partial charge in [-0.2, -0.15) is 0 Å². The topological polar surface area (TPSA) is 0 Å². The third-order valence-corrected chi connectivity index (χ3v) is 2.36. The fourth-order valence-corrected chi connectivity index (χ4v) is 1.90. The van der Waals surface area contributed by atoms with E-state index in [0.717, 1.165) is 5.39 Å². The highest BCUT2D eigenvalue weighted by atomic mass is 35.5. The zero-order chi connectivity index (χ0) is 9.42. The Kier molecular flexibility index (Phi) is 2.14. The van der Waals surface area contributed by atoms with E-state index < -0.39 is 0 Å². The summed E-state index contributed by atoms with van der Waals surface area (Å²) in [4.78, 5) is 0. The normalized spacial score (nSPS) is 10.7. The Labute approximate surface area is 84.9 Å². The Hall–Kier alpha value is -0.790. The number of benzene rings is 2. The van der Waals surface area contributed by atoms with Crippen molar-refractivity contribution in [1.29, 1.82) is 0 Å². The van der Waals surface area contributed by atoms with E-state index in [-0.39, 0.29) is 5.82 Å². The summed E-state index contributed by atoms with van der Waals surface area (Å²) in [6, 6.07) is 8.00. The lowest BCUT2D eigenvalue weighted by Gasteiger charge is -2.02. The van der Waals surface area contributed by atoms with Crippen molar-refractivity contribution >= 4 is 34.0 Å². The molecule has 2 rings (SSSR count). The quantitative estimate of drug-likeness (QED) is 0.614. The van der Waals surface area contributed by atoms with E-state index in [1.807, 2.05) is 0 Å². The first-order chi connectivity index (χ1) is 6.18. The molecule has 0 radical (unpaired) electrons. The van der Waals surface area contributed by atoms with Crippen molar-refractivity contribution in [2.24, 2.45) is 0 Å². The molecule has 0 aliphatic rings. The molecule has 0 nitrogen and oxygen atoms in total. The minimum Gasteiger partial charge on any atom is -0.206 e. The molecule has 2 aromatic rings. The summed E-state index contributed by atoms with van der Waals surface area (Å²) >= 11 is 11.6. The van der Waals surface area contributed by atoms with E-state index in [2.05, 4.69) is 0 Å². The van der Waals surface area contributed by atoms with E-state index in [0.29, 0.717) is 15.4 Å². The molecule has 0 atom stereocenters. The Morgan fingerprint density at radius 2 is 1.85 bits per heavy atom. The lowest BCUT2D eigenvalue weighted by molar-refractivity contribution is 0.640. The van der Waals surface area contributed by atoms with Gasteiger partial charge in [-0.1, -0.05) is 35.3 Å². The Morgan fingerprint density at radius 1 is 1.08 bits per heavy atom. The van der Waals surface area contributed by atoms with Gasteiger partial charge in [0.15, 0.2) is 0 Å². The molecule has 13 heavy (non-hydrogen) atoms. The third kappa shape index (κ3) is 1.50. The van der Waals surface area contributed by atoms with Crippen LogP contribution in [0.25, 0.3) is 10.8 Å². The standard InChI is InChI=1S/C10H5Cl2F/c11-7-4-6-2-1-3-9(13)10(6)8(12)5-7/h1-5H. The molecule has 0 bridgehead atoms. The maximum atomic E-state index is 13.3. The molecule has 0 N–H and O–H groups in total. The molecule has 0 unspecified atom stereocenters. The second kappa shape index (κ2) is 3.17. The van der Waals surface area contributed by atoms with Crippen LogP contribution in [0.15, 0.2) is 30.3 Å². The van der Waals surface area contributed by atoms with Gasteiger partial charge >= 0.3 is 0 Å². The highest BCUT2D eigenvalue weighted by Crippen LogP contribution is 2.29. The van der Waals surface area contributed by atoms with Crippen LogP contribution >= 0.6 is 23.2 Å². The first-order valence-electron chi connectivity index (χ1n) is 3.72. The number of hydrogen-bond acceptors (Lipinski definition) is 0. The molecule has 0 aliphatic heterocycles. The van der Waals surface area contributed by atoms with Crippen molar-refractivity contribution in [2.75, 3.05) is 0 Å². The molecular formula is C10H5Cl2F. The van der Waals surface area contributed by atoms with Gasteiger partial charge in [0, 0.05) is 10.4 Å². The Morgan fingerprint density at radius 3 is 2.62 bits per heavy atom. The summed E-state index contributed by atoms with van der Waals surface area (Å²) < 4.78 is 13.3. The highest BCUT2D eigenvalue weighted by molar-refractivity contribution is 6.38. The van der Waals surface area contributed by atoms with Gasteiger partial charge in [0.2, 0.25) is 0 Å². The van der Waals surface area contributed by atoms with Gasteiger partial charge in [-0.3, -0.25) is 0 Å². The molecular weight excluding hydrogens is 210 g/mol. The third-order valence-electron chi connectivity index (χ3n) is 1.84. The number of hydrogen-bond donors (Lipinski definition) is 0. The van der Waals surface area contributed by atoms with E-state index in [4.69, 9.17) is 23.2 Å². The van der Waals surface area contributed by atoms with Crippen LogP contribution in [0.4, 0.5) is 4.39 Å². The van der Waals surface area contributed by atoms with Crippen LogP contribution in [-0.4, -0.2) is 0 Å². The van der Waals surface area contributed by atoms with Gasteiger partial charge in [-0.25, -0.2) is 4.39 Å². The van der Waals surface area contributed by atoms with Crippen LogP contribution < -0.4 is 0 Å². The smallest absolute Gasteiger partial charge is 0.132 e. The molecule has 0 fully saturated rings. The van der Waals surface area contributed by atoms with Crippen molar-refractivity contribution in [3.05, 3.63) is 46.2 Å². The monoisotopic (exact) mass is 214 g/mol. The number of rotatable bonds is 0. The largest absolute Gasteiger partial charge is 0.206 e. The van der Waals surface area contributed by atoms with Crippen molar-refractivity contribution in [3.8, 4) is 0 Å². The van der Waals surface area contributed by atoms with Crippen LogP contribution in [0.3, 0.4) is 0 Å². The van der Waals surface area contributed by atoms with Gasteiger partial charge < -0.3 is 0 Å². The van der Waals surface area contributed by atoms with Crippen LogP contribution in [-0.2, 0) is 0 Å². The zero-order valence-electron chi connectivity index (χ0n) is 6.52.